The summed E-state index contributed by atoms with van der Waals surface area (Å²) >= 11 is 0. The van der Waals surface area contributed by atoms with Crippen molar-refractivity contribution in [2.45, 2.75) is 12.8 Å². The number of Topliss-reactive ketones (excluding diaryl/α,β-unsaturated/α-hetero) is 1. The van der Waals surface area contributed by atoms with Gasteiger partial charge >= 0.3 is 0 Å². The van der Waals surface area contributed by atoms with Gasteiger partial charge in [0, 0.05) is 22.0 Å². The van der Waals surface area contributed by atoms with Crippen LogP contribution < -0.4 is 0 Å². The van der Waals surface area contributed by atoms with E-state index in [1.54, 1.807) is 12.1 Å². The fourth-order valence-electron chi connectivity index (χ4n) is 1.51. The number of azide groups is 1. The van der Waals surface area contributed by atoms with E-state index in [0.717, 1.165) is 24.0 Å². The normalized spacial score (nSPS) is 13.2. The summed E-state index contributed by atoms with van der Waals surface area (Å²) in [6, 6.07) is 7.24. The monoisotopic (exact) mass is 225 g/mol. The minimum atomic E-state index is 0.166. The van der Waals surface area contributed by atoms with Crippen LogP contribution >= 0.6 is 0 Å². The zero-order chi connectivity index (χ0) is 12.1. The maximum atomic E-state index is 11.7. The molecule has 0 saturated heterocycles. The Balaban J connectivity index is 2.03. The molecule has 0 amide bonds. The number of carbonyl (C=O) groups is 1. The van der Waals surface area contributed by atoms with Gasteiger partial charge < -0.3 is 0 Å². The maximum Gasteiger partial charge on any atom is 0.165 e. The molecule has 1 aliphatic rings. The highest BCUT2D eigenvalue weighted by atomic mass is 16.1. The summed E-state index contributed by atoms with van der Waals surface area (Å²) in [4.78, 5) is 14.3. The van der Waals surface area contributed by atoms with E-state index < -0.39 is 0 Å². The molecule has 0 unspecified atom stereocenters. The van der Waals surface area contributed by atoms with Gasteiger partial charge in [-0.1, -0.05) is 29.1 Å². The van der Waals surface area contributed by atoms with E-state index in [9.17, 15) is 4.79 Å². The van der Waals surface area contributed by atoms with Crippen molar-refractivity contribution in [2.24, 2.45) is 11.0 Å². The molecule has 0 aliphatic heterocycles. The first-order chi connectivity index (χ1) is 8.31. The first-order valence-electron chi connectivity index (χ1n) is 5.45. The van der Waals surface area contributed by atoms with E-state index >= 15 is 0 Å². The highest BCUT2D eigenvalue weighted by molar-refractivity contribution is 5.99. The Bertz CT molecular complexity index is 526. The molecular weight excluding hydrogens is 214 g/mol. The van der Waals surface area contributed by atoms with Crippen LogP contribution in [0.2, 0.25) is 0 Å². The molecule has 17 heavy (non-hydrogen) atoms. The smallest absolute Gasteiger partial charge is 0.165 e. The predicted molar refractivity (Wildman–Crippen MR) is 64.4 cm³/mol. The minimum Gasteiger partial charge on any atom is -0.294 e. The number of ketones is 1. The van der Waals surface area contributed by atoms with E-state index in [-0.39, 0.29) is 18.2 Å². The van der Waals surface area contributed by atoms with E-state index in [1.165, 1.54) is 0 Å². The van der Waals surface area contributed by atoms with Crippen LogP contribution in [0.1, 0.15) is 28.8 Å². The molecule has 1 saturated carbocycles. The predicted octanol–water partition coefficient (Wildman–Crippen LogP) is 2.94. The van der Waals surface area contributed by atoms with Crippen molar-refractivity contribution in [1.29, 1.82) is 0 Å². The lowest BCUT2D eigenvalue weighted by atomic mass is 10.1. The summed E-state index contributed by atoms with van der Waals surface area (Å²) in [5.41, 5.74) is 9.65. The molecule has 0 radical (unpaired) electrons. The molecule has 84 valence electrons. The van der Waals surface area contributed by atoms with E-state index in [1.807, 2.05) is 12.1 Å². The van der Waals surface area contributed by atoms with Crippen molar-refractivity contribution in [1.82, 2.24) is 0 Å². The van der Waals surface area contributed by atoms with Gasteiger partial charge in [0.1, 0.15) is 0 Å². The largest absolute Gasteiger partial charge is 0.294 e. The van der Waals surface area contributed by atoms with Gasteiger partial charge in [-0.2, -0.15) is 0 Å². The lowest BCUT2D eigenvalue weighted by molar-refractivity contribution is 0.0967. The highest BCUT2D eigenvalue weighted by Gasteiger charge is 2.30. The summed E-state index contributed by atoms with van der Waals surface area (Å²) in [6.45, 7) is 0.166. The summed E-state index contributed by atoms with van der Waals surface area (Å²) in [6.07, 6.45) is 2.04. The van der Waals surface area contributed by atoms with Crippen LogP contribution in [0.15, 0.2) is 29.4 Å². The minimum absolute atomic E-state index is 0.166. The Kier molecular flexibility index (Phi) is 3.44. The summed E-state index contributed by atoms with van der Waals surface area (Å²) < 4.78 is 0. The molecule has 1 aliphatic carbocycles. The topological polar surface area (TPSA) is 65.8 Å². The third kappa shape index (κ3) is 3.10. The standard InChI is InChI=1S/C13H11N3O/c14-16-15-9-1-2-10-3-5-11(6-4-10)13(17)12-7-8-12/h3-6,12H,7-9H2. The van der Waals surface area contributed by atoms with Gasteiger partial charge in [-0.25, -0.2) is 0 Å². The molecule has 0 heterocycles. The second-order valence-electron chi connectivity index (χ2n) is 3.91. The Morgan fingerprint density at radius 2 is 2.12 bits per heavy atom. The number of nitrogens with zero attached hydrogens (tertiary/aromatic N) is 3. The third-order valence-corrected chi connectivity index (χ3v) is 2.56. The number of rotatable bonds is 3. The van der Waals surface area contributed by atoms with E-state index in [2.05, 4.69) is 21.9 Å². The van der Waals surface area contributed by atoms with Gasteiger partial charge in [-0.3, -0.25) is 4.79 Å². The van der Waals surface area contributed by atoms with Crippen LogP contribution in [0.4, 0.5) is 0 Å². The molecule has 1 aromatic rings. The first-order valence-corrected chi connectivity index (χ1v) is 5.45. The lowest BCUT2D eigenvalue weighted by Crippen LogP contribution is -2.00. The number of hydrogen-bond acceptors (Lipinski definition) is 2. The van der Waals surface area contributed by atoms with Gasteiger partial charge in [0.05, 0.1) is 6.54 Å². The molecule has 0 atom stereocenters. The second kappa shape index (κ2) is 5.20. The second-order valence-corrected chi connectivity index (χ2v) is 3.91. The Hall–Kier alpha value is -2.24. The van der Waals surface area contributed by atoms with Crippen molar-refractivity contribution in [3.05, 3.63) is 45.8 Å². The van der Waals surface area contributed by atoms with Crippen LogP contribution in [0.3, 0.4) is 0 Å². The fourth-order valence-corrected chi connectivity index (χ4v) is 1.51. The SMILES string of the molecule is [N-]=[N+]=NCC#Cc1ccc(C(=O)C2CC2)cc1. The van der Waals surface area contributed by atoms with Gasteiger partial charge in [-0.15, -0.1) is 0 Å². The van der Waals surface area contributed by atoms with E-state index in [0.29, 0.717) is 0 Å². The van der Waals surface area contributed by atoms with Crippen molar-refractivity contribution in [3.63, 3.8) is 0 Å². The lowest BCUT2D eigenvalue weighted by Gasteiger charge is -1.98. The average molecular weight is 225 g/mol. The molecule has 2 rings (SSSR count). The van der Waals surface area contributed by atoms with Crippen LogP contribution in [0.5, 0.6) is 0 Å². The van der Waals surface area contributed by atoms with Gasteiger partial charge in [0.15, 0.2) is 5.78 Å². The number of benzene rings is 1. The molecule has 1 aromatic carbocycles. The Morgan fingerprint density at radius 3 is 2.71 bits per heavy atom. The Morgan fingerprint density at radius 1 is 1.41 bits per heavy atom. The molecule has 0 bridgehead atoms. The molecular formula is C13H11N3O. The summed E-state index contributed by atoms with van der Waals surface area (Å²) in [7, 11) is 0. The van der Waals surface area contributed by atoms with Crippen LogP contribution in [-0.4, -0.2) is 12.3 Å². The zero-order valence-corrected chi connectivity index (χ0v) is 9.26. The third-order valence-electron chi connectivity index (χ3n) is 2.56. The van der Waals surface area contributed by atoms with Crippen LogP contribution in [0.25, 0.3) is 10.4 Å². The highest BCUT2D eigenvalue weighted by Crippen LogP contribution is 2.32. The molecule has 4 heteroatoms. The van der Waals surface area contributed by atoms with Gasteiger partial charge in [-0.05, 0) is 30.5 Å². The first kappa shape index (κ1) is 11.3. The summed E-state index contributed by atoms with van der Waals surface area (Å²) in [5.74, 6) is 6.08. The number of carbonyl (C=O) groups excluding carboxylic acids is 1. The quantitative estimate of drug-likeness (QED) is 0.256. The molecule has 1 fully saturated rings. The van der Waals surface area contributed by atoms with Gasteiger partial charge in [0.2, 0.25) is 0 Å². The van der Waals surface area contributed by atoms with Crippen molar-refractivity contribution < 1.29 is 4.79 Å². The van der Waals surface area contributed by atoms with Crippen LogP contribution in [-0.2, 0) is 0 Å². The fraction of sp³-hybridized carbons (Fsp3) is 0.308. The number of hydrogen-bond donors (Lipinski definition) is 0. The van der Waals surface area contributed by atoms with Crippen molar-refractivity contribution >= 4 is 5.78 Å². The van der Waals surface area contributed by atoms with Gasteiger partial charge in [0.25, 0.3) is 0 Å². The molecule has 4 nitrogen and oxygen atoms in total. The average Bonchev–Trinajstić information content (AvgIpc) is 3.19. The van der Waals surface area contributed by atoms with Crippen LogP contribution in [0, 0.1) is 17.8 Å². The molecule has 0 spiro atoms. The molecule has 0 N–H and O–H groups in total. The zero-order valence-electron chi connectivity index (χ0n) is 9.26. The maximum absolute atomic E-state index is 11.7. The molecule has 0 aromatic heterocycles. The van der Waals surface area contributed by atoms with E-state index in [4.69, 9.17) is 5.53 Å². The van der Waals surface area contributed by atoms with Crippen molar-refractivity contribution in [2.75, 3.05) is 6.54 Å². The van der Waals surface area contributed by atoms with Crippen molar-refractivity contribution in [3.8, 4) is 11.8 Å². The Labute approximate surface area is 99.3 Å². The summed E-state index contributed by atoms with van der Waals surface area (Å²) in [5, 5.41) is 3.32.